The highest BCUT2D eigenvalue weighted by atomic mass is 35.5. The summed E-state index contributed by atoms with van der Waals surface area (Å²) in [7, 11) is 1.74. The standard InChI is InChI=1S/C14H23ClN2O2/c1-4-17-12(13(15)10(2)16-17)9-14(18)7-5-11(19-3)6-8-14/h11,18H,4-9H2,1-3H3. The van der Waals surface area contributed by atoms with E-state index in [-0.39, 0.29) is 6.10 Å². The predicted octanol–water partition coefficient (Wildman–Crippen LogP) is 2.73. The second-order valence-corrected chi connectivity index (χ2v) is 5.88. The Balaban J connectivity index is 2.13. The zero-order valence-corrected chi connectivity index (χ0v) is 12.7. The Morgan fingerprint density at radius 2 is 2.11 bits per heavy atom. The third-order valence-electron chi connectivity index (χ3n) is 4.15. The van der Waals surface area contributed by atoms with Crippen molar-refractivity contribution in [1.29, 1.82) is 0 Å². The largest absolute Gasteiger partial charge is 0.389 e. The molecule has 108 valence electrons. The van der Waals surface area contributed by atoms with Crippen LogP contribution in [0.5, 0.6) is 0 Å². The van der Waals surface area contributed by atoms with E-state index in [1.165, 1.54) is 0 Å². The van der Waals surface area contributed by atoms with Crippen LogP contribution in [0.1, 0.15) is 44.0 Å². The fourth-order valence-corrected chi connectivity index (χ4v) is 3.09. The van der Waals surface area contributed by atoms with Gasteiger partial charge in [0.1, 0.15) is 0 Å². The number of methoxy groups -OCH3 is 1. The quantitative estimate of drug-likeness (QED) is 0.926. The summed E-state index contributed by atoms with van der Waals surface area (Å²) in [5, 5.41) is 15.8. The number of aryl methyl sites for hydroxylation is 2. The van der Waals surface area contributed by atoms with E-state index in [0.717, 1.165) is 43.6 Å². The molecule has 1 heterocycles. The number of ether oxygens (including phenoxy) is 1. The number of hydrogen-bond donors (Lipinski definition) is 1. The monoisotopic (exact) mass is 286 g/mol. The van der Waals surface area contributed by atoms with E-state index in [1.54, 1.807) is 7.11 Å². The first-order chi connectivity index (χ1) is 8.99. The highest BCUT2D eigenvalue weighted by Crippen LogP contribution is 2.34. The molecule has 0 spiro atoms. The second-order valence-electron chi connectivity index (χ2n) is 5.50. The van der Waals surface area contributed by atoms with Crippen LogP contribution in [0.2, 0.25) is 5.02 Å². The fourth-order valence-electron chi connectivity index (χ4n) is 2.89. The van der Waals surface area contributed by atoms with Gasteiger partial charge < -0.3 is 9.84 Å². The lowest BCUT2D eigenvalue weighted by Gasteiger charge is -2.35. The van der Waals surface area contributed by atoms with E-state index in [4.69, 9.17) is 16.3 Å². The predicted molar refractivity (Wildman–Crippen MR) is 75.6 cm³/mol. The number of aromatic nitrogens is 2. The van der Waals surface area contributed by atoms with Gasteiger partial charge >= 0.3 is 0 Å². The first kappa shape index (κ1) is 14.8. The number of rotatable bonds is 4. The van der Waals surface area contributed by atoms with Crippen molar-refractivity contribution in [2.45, 2.75) is 64.2 Å². The molecule has 5 heteroatoms. The van der Waals surface area contributed by atoms with E-state index in [1.807, 2.05) is 18.5 Å². The van der Waals surface area contributed by atoms with Gasteiger partial charge in [-0.25, -0.2) is 0 Å². The Morgan fingerprint density at radius 3 is 2.63 bits per heavy atom. The molecule has 0 bridgehead atoms. The van der Waals surface area contributed by atoms with Crippen LogP contribution in [-0.4, -0.2) is 33.7 Å². The van der Waals surface area contributed by atoms with Crippen LogP contribution >= 0.6 is 11.6 Å². The smallest absolute Gasteiger partial charge is 0.0848 e. The summed E-state index contributed by atoms with van der Waals surface area (Å²) in [6.07, 6.45) is 4.20. The Bertz CT molecular complexity index is 437. The summed E-state index contributed by atoms with van der Waals surface area (Å²) in [5.41, 5.74) is 1.13. The Morgan fingerprint density at radius 1 is 1.47 bits per heavy atom. The lowest BCUT2D eigenvalue weighted by atomic mass is 9.80. The third-order valence-corrected chi connectivity index (χ3v) is 4.64. The first-order valence-corrected chi connectivity index (χ1v) is 7.34. The molecule has 0 amide bonds. The molecule has 0 aromatic carbocycles. The molecule has 1 aliphatic carbocycles. The van der Waals surface area contributed by atoms with Crippen LogP contribution in [0.25, 0.3) is 0 Å². The summed E-state index contributed by atoms with van der Waals surface area (Å²) in [4.78, 5) is 0. The molecular formula is C14H23ClN2O2. The van der Waals surface area contributed by atoms with Crippen molar-refractivity contribution in [1.82, 2.24) is 9.78 Å². The molecule has 1 saturated carbocycles. The maximum absolute atomic E-state index is 10.7. The molecule has 1 aromatic rings. The minimum Gasteiger partial charge on any atom is -0.389 e. The SMILES string of the molecule is CCn1nc(C)c(Cl)c1CC1(O)CCC(OC)CC1. The summed E-state index contributed by atoms with van der Waals surface area (Å²) < 4.78 is 7.25. The van der Waals surface area contributed by atoms with Crippen LogP contribution in [0.15, 0.2) is 0 Å². The zero-order valence-electron chi connectivity index (χ0n) is 11.9. The summed E-state index contributed by atoms with van der Waals surface area (Å²) in [6, 6.07) is 0. The van der Waals surface area contributed by atoms with Crippen LogP contribution in [-0.2, 0) is 17.7 Å². The van der Waals surface area contributed by atoms with Crippen molar-refractivity contribution < 1.29 is 9.84 Å². The van der Waals surface area contributed by atoms with Gasteiger partial charge in [0.25, 0.3) is 0 Å². The maximum atomic E-state index is 10.7. The molecule has 2 rings (SSSR count). The molecule has 1 N–H and O–H groups in total. The average molecular weight is 287 g/mol. The van der Waals surface area contributed by atoms with Crippen molar-refractivity contribution in [2.24, 2.45) is 0 Å². The van der Waals surface area contributed by atoms with Gasteiger partial charge in [0.2, 0.25) is 0 Å². The molecule has 0 atom stereocenters. The third kappa shape index (κ3) is 3.12. The van der Waals surface area contributed by atoms with Crippen LogP contribution < -0.4 is 0 Å². The topological polar surface area (TPSA) is 47.3 Å². The molecule has 4 nitrogen and oxygen atoms in total. The Labute approximate surface area is 119 Å². The van der Waals surface area contributed by atoms with Crippen molar-refractivity contribution >= 4 is 11.6 Å². The molecule has 0 aliphatic heterocycles. The van der Waals surface area contributed by atoms with Gasteiger partial charge in [-0.05, 0) is 39.5 Å². The van der Waals surface area contributed by atoms with Gasteiger partial charge in [0.05, 0.1) is 28.1 Å². The highest BCUT2D eigenvalue weighted by molar-refractivity contribution is 6.31. The van der Waals surface area contributed by atoms with Gasteiger partial charge in [-0.3, -0.25) is 4.68 Å². The van der Waals surface area contributed by atoms with Crippen LogP contribution in [0, 0.1) is 6.92 Å². The van der Waals surface area contributed by atoms with Crippen molar-refractivity contribution in [3.05, 3.63) is 16.4 Å². The highest BCUT2D eigenvalue weighted by Gasteiger charge is 2.35. The fraction of sp³-hybridized carbons (Fsp3) is 0.786. The van der Waals surface area contributed by atoms with E-state index in [0.29, 0.717) is 11.4 Å². The van der Waals surface area contributed by atoms with E-state index >= 15 is 0 Å². The van der Waals surface area contributed by atoms with Crippen molar-refractivity contribution in [3.63, 3.8) is 0 Å². The van der Waals surface area contributed by atoms with Gasteiger partial charge in [0, 0.05) is 20.1 Å². The van der Waals surface area contributed by atoms with Crippen molar-refractivity contribution in [3.8, 4) is 0 Å². The zero-order chi connectivity index (χ0) is 14.0. The van der Waals surface area contributed by atoms with Crippen LogP contribution in [0.3, 0.4) is 0 Å². The average Bonchev–Trinajstić information content (AvgIpc) is 2.67. The second kappa shape index (κ2) is 5.81. The van der Waals surface area contributed by atoms with Gasteiger partial charge in [-0.15, -0.1) is 0 Å². The lowest BCUT2D eigenvalue weighted by Crippen LogP contribution is -2.39. The summed E-state index contributed by atoms with van der Waals surface area (Å²) >= 11 is 6.31. The van der Waals surface area contributed by atoms with Gasteiger partial charge in [-0.2, -0.15) is 5.10 Å². The molecule has 0 unspecified atom stereocenters. The van der Waals surface area contributed by atoms with Crippen molar-refractivity contribution in [2.75, 3.05) is 7.11 Å². The Hall–Kier alpha value is -0.580. The molecule has 19 heavy (non-hydrogen) atoms. The van der Waals surface area contributed by atoms with E-state index in [2.05, 4.69) is 5.10 Å². The number of halogens is 1. The molecular weight excluding hydrogens is 264 g/mol. The summed E-state index contributed by atoms with van der Waals surface area (Å²) in [5.74, 6) is 0. The van der Waals surface area contributed by atoms with Gasteiger partial charge in [0.15, 0.2) is 0 Å². The maximum Gasteiger partial charge on any atom is 0.0848 e. The molecule has 0 radical (unpaired) electrons. The van der Waals surface area contributed by atoms with Gasteiger partial charge in [-0.1, -0.05) is 11.6 Å². The summed E-state index contributed by atoms with van der Waals surface area (Å²) in [6.45, 7) is 4.72. The normalized spacial score (nSPS) is 27.7. The molecule has 1 aliphatic rings. The Kier molecular flexibility index (Phi) is 4.54. The number of aliphatic hydroxyl groups is 1. The minimum atomic E-state index is -0.669. The number of nitrogens with zero attached hydrogens (tertiary/aromatic N) is 2. The minimum absolute atomic E-state index is 0.286. The lowest BCUT2D eigenvalue weighted by molar-refractivity contribution is -0.0437. The molecule has 0 saturated heterocycles. The molecule has 1 fully saturated rings. The molecule has 1 aromatic heterocycles. The first-order valence-electron chi connectivity index (χ1n) is 6.96. The number of hydrogen-bond acceptors (Lipinski definition) is 3. The van der Waals surface area contributed by atoms with E-state index in [9.17, 15) is 5.11 Å². The van der Waals surface area contributed by atoms with E-state index < -0.39 is 5.60 Å². The van der Waals surface area contributed by atoms with Crippen LogP contribution in [0.4, 0.5) is 0 Å².